The molecule has 0 saturated heterocycles. The van der Waals surface area contributed by atoms with Crippen LogP contribution in [-0.2, 0) is 20.7 Å². The maximum Gasteiger partial charge on any atom is 0.240 e. The fourth-order valence-corrected chi connectivity index (χ4v) is 1.88. The predicted molar refractivity (Wildman–Crippen MR) is 80.6 cm³/mol. The second kappa shape index (κ2) is 9.10. The number of hydrogen-bond donors (Lipinski definition) is 2. The summed E-state index contributed by atoms with van der Waals surface area (Å²) in [5, 5.41) is 2.66. The zero-order chi connectivity index (χ0) is 15.7. The quantitative estimate of drug-likeness (QED) is 0.649. The highest BCUT2D eigenvalue weighted by atomic mass is 16.5. The molecule has 0 saturated carbocycles. The van der Waals surface area contributed by atoms with Crippen LogP contribution in [0.2, 0.25) is 0 Å². The van der Waals surface area contributed by atoms with Crippen molar-refractivity contribution >= 4 is 11.8 Å². The molecule has 0 aromatic heterocycles. The number of nitrogens with one attached hydrogen (secondary N) is 1. The molecule has 0 unspecified atom stereocenters. The van der Waals surface area contributed by atoms with Crippen LogP contribution in [0.15, 0.2) is 30.3 Å². The second-order valence-electron chi connectivity index (χ2n) is 4.83. The maximum atomic E-state index is 12.1. The molecule has 3 N–H and O–H groups in total. The zero-order valence-corrected chi connectivity index (χ0v) is 12.5. The minimum atomic E-state index is -0.649. The molecule has 1 rings (SSSR count). The van der Waals surface area contributed by atoms with Gasteiger partial charge < -0.3 is 20.7 Å². The second-order valence-corrected chi connectivity index (χ2v) is 4.83. The number of ether oxygens (including phenoxy) is 1. The average Bonchev–Trinajstić information content (AvgIpc) is 2.47. The van der Waals surface area contributed by atoms with Crippen LogP contribution in [0.5, 0.6) is 0 Å². The Balaban J connectivity index is 2.40. The number of methoxy groups -OCH3 is 1. The van der Waals surface area contributed by atoms with E-state index in [1.165, 1.54) is 4.90 Å². The largest absolute Gasteiger partial charge is 0.383 e. The van der Waals surface area contributed by atoms with Crippen LogP contribution in [0.3, 0.4) is 0 Å². The summed E-state index contributed by atoms with van der Waals surface area (Å²) in [6.45, 7) is 0.857. The smallest absolute Gasteiger partial charge is 0.240 e. The summed E-state index contributed by atoms with van der Waals surface area (Å²) in [4.78, 5) is 25.1. The fraction of sp³-hybridized carbons (Fsp3) is 0.467. The lowest BCUT2D eigenvalue weighted by Crippen LogP contribution is -2.47. The van der Waals surface area contributed by atoms with Crippen molar-refractivity contribution in [1.29, 1.82) is 0 Å². The van der Waals surface area contributed by atoms with Crippen LogP contribution < -0.4 is 11.1 Å². The Bertz CT molecular complexity index is 451. The highest BCUT2D eigenvalue weighted by Crippen LogP contribution is 2.03. The minimum absolute atomic E-state index is 0.00889. The van der Waals surface area contributed by atoms with E-state index in [0.717, 1.165) is 5.56 Å². The van der Waals surface area contributed by atoms with Crippen LogP contribution in [0.1, 0.15) is 5.56 Å². The Morgan fingerprint density at radius 1 is 1.33 bits per heavy atom. The molecule has 1 aromatic carbocycles. The van der Waals surface area contributed by atoms with Crippen molar-refractivity contribution < 1.29 is 14.3 Å². The van der Waals surface area contributed by atoms with Crippen LogP contribution in [-0.4, -0.2) is 56.6 Å². The molecular formula is C15H23N3O3. The van der Waals surface area contributed by atoms with Crippen LogP contribution in [0.25, 0.3) is 0 Å². The number of rotatable bonds is 8. The SMILES string of the molecule is COCCNC(=O)CN(C)C(=O)[C@@H](N)Cc1ccccc1. The van der Waals surface area contributed by atoms with Gasteiger partial charge in [-0.1, -0.05) is 30.3 Å². The van der Waals surface area contributed by atoms with Gasteiger partial charge in [-0.3, -0.25) is 9.59 Å². The number of likely N-dealkylation sites (N-methyl/N-ethyl adjacent to an activating group) is 1. The number of carbonyl (C=O) groups is 2. The van der Waals surface area contributed by atoms with E-state index in [1.807, 2.05) is 30.3 Å². The van der Waals surface area contributed by atoms with Crippen molar-refractivity contribution in [1.82, 2.24) is 10.2 Å². The molecule has 6 heteroatoms. The van der Waals surface area contributed by atoms with E-state index in [4.69, 9.17) is 10.5 Å². The summed E-state index contributed by atoms with van der Waals surface area (Å²) in [5.41, 5.74) is 6.90. The predicted octanol–water partition coefficient (Wildman–Crippen LogP) is -0.223. The molecule has 0 fully saturated rings. The van der Waals surface area contributed by atoms with E-state index in [0.29, 0.717) is 19.6 Å². The average molecular weight is 293 g/mol. The van der Waals surface area contributed by atoms with E-state index < -0.39 is 6.04 Å². The monoisotopic (exact) mass is 293 g/mol. The summed E-state index contributed by atoms with van der Waals surface area (Å²) < 4.78 is 4.83. The van der Waals surface area contributed by atoms with Gasteiger partial charge in [0.05, 0.1) is 19.2 Å². The molecular weight excluding hydrogens is 270 g/mol. The lowest BCUT2D eigenvalue weighted by atomic mass is 10.1. The Labute approximate surface area is 125 Å². The Morgan fingerprint density at radius 3 is 2.62 bits per heavy atom. The summed E-state index contributed by atoms with van der Waals surface area (Å²) in [6.07, 6.45) is 0.454. The number of amides is 2. The standard InChI is InChI=1S/C15H23N3O3/c1-18(11-14(19)17-8-9-21-2)15(20)13(16)10-12-6-4-3-5-7-12/h3-7,13H,8-11,16H2,1-2H3,(H,17,19)/t13-/m0/s1. The lowest BCUT2D eigenvalue weighted by molar-refractivity contribution is -0.135. The molecule has 116 valence electrons. The number of nitrogens with two attached hydrogens (primary N) is 1. The van der Waals surface area contributed by atoms with E-state index in [1.54, 1.807) is 14.2 Å². The highest BCUT2D eigenvalue weighted by molar-refractivity contribution is 5.87. The molecule has 0 radical (unpaired) electrons. The molecule has 6 nitrogen and oxygen atoms in total. The molecule has 0 aliphatic rings. The van der Waals surface area contributed by atoms with Gasteiger partial charge in [0.1, 0.15) is 0 Å². The minimum Gasteiger partial charge on any atom is -0.383 e. The third kappa shape index (κ3) is 6.37. The summed E-state index contributed by atoms with van der Waals surface area (Å²) in [7, 11) is 3.13. The van der Waals surface area contributed by atoms with Gasteiger partial charge in [0.25, 0.3) is 0 Å². The van der Waals surface area contributed by atoms with Crippen LogP contribution >= 0.6 is 0 Å². The van der Waals surface area contributed by atoms with Gasteiger partial charge in [-0.25, -0.2) is 0 Å². The molecule has 0 aliphatic heterocycles. The lowest BCUT2D eigenvalue weighted by Gasteiger charge is -2.21. The van der Waals surface area contributed by atoms with Gasteiger partial charge in [-0.05, 0) is 12.0 Å². The number of nitrogens with zero attached hydrogens (tertiary/aromatic N) is 1. The first-order valence-corrected chi connectivity index (χ1v) is 6.84. The molecule has 1 aromatic rings. The summed E-state index contributed by atoms with van der Waals surface area (Å²) in [5.74, 6) is -0.476. The van der Waals surface area contributed by atoms with Gasteiger partial charge in [0, 0.05) is 20.7 Å². The first-order valence-electron chi connectivity index (χ1n) is 6.84. The Hall–Kier alpha value is -1.92. The van der Waals surface area contributed by atoms with Gasteiger partial charge in [-0.2, -0.15) is 0 Å². The van der Waals surface area contributed by atoms with Gasteiger partial charge in [0.15, 0.2) is 0 Å². The van der Waals surface area contributed by atoms with Crippen molar-refractivity contribution in [3.63, 3.8) is 0 Å². The molecule has 0 heterocycles. The van der Waals surface area contributed by atoms with Crippen molar-refractivity contribution in [2.45, 2.75) is 12.5 Å². The van der Waals surface area contributed by atoms with Crippen molar-refractivity contribution in [3.05, 3.63) is 35.9 Å². The van der Waals surface area contributed by atoms with Gasteiger partial charge in [0.2, 0.25) is 11.8 Å². The van der Waals surface area contributed by atoms with Crippen molar-refractivity contribution in [2.24, 2.45) is 5.73 Å². The first-order chi connectivity index (χ1) is 10.0. The van der Waals surface area contributed by atoms with Crippen LogP contribution in [0.4, 0.5) is 0 Å². The van der Waals surface area contributed by atoms with E-state index in [2.05, 4.69) is 5.32 Å². The van der Waals surface area contributed by atoms with E-state index in [9.17, 15) is 9.59 Å². The molecule has 2 amide bonds. The summed E-state index contributed by atoms with van der Waals surface area (Å²) >= 11 is 0. The Kier molecular flexibility index (Phi) is 7.42. The topological polar surface area (TPSA) is 84.7 Å². The van der Waals surface area contributed by atoms with E-state index in [-0.39, 0.29) is 18.4 Å². The highest BCUT2D eigenvalue weighted by Gasteiger charge is 2.20. The molecule has 21 heavy (non-hydrogen) atoms. The number of benzene rings is 1. The van der Waals surface area contributed by atoms with Gasteiger partial charge in [-0.15, -0.1) is 0 Å². The number of carbonyl (C=O) groups excluding carboxylic acids is 2. The van der Waals surface area contributed by atoms with Crippen molar-refractivity contribution in [2.75, 3.05) is 33.9 Å². The molecule has 0 bridgehead atoms. The first kappa shape index (κ1) is 17.1. The molecule has 0 aliphatic carbocycles. The van der Waals surface area contributed by atoms with Gasteiger partial charge >= 0.3 is 0 Å². The third-order valence-corrected chi connectivity index (χ3v) is 3.00. The van der Waals surface area contributed by atoms with Crippen molar-refractivity contribution in [3.8, 4) is 0 Å². The maximum absolute atomic E-state index is 12.1. The Morgan fingerprint density at radius 2 is 2.00 bits per heavy atom. The summed E-state index contributed by atoms with van der Waals surface area (Å²) in [6, 6.07) is 8.91. The molecule has 0 spiro atoms. The van der Waals surface area contributed by atoms with Crippen LogP contribution in [0, 0.1) is 0 Å². The third-order valence-electron chi connectivity index (χ3n) is 3.00. The normalized spacial score (nSPS) is 11.8. The number of hydrogen-bond acceptors (Lipinski definition) is 4. The fourth-order valence-electron chi connectivity index (χ4n) is 1.88. The van der Waals surface area contributed by atoms with E-state index >= 15 is 0 Å². The molecule has 1 atom stereocenters. The zero-order valence-electron chi connectivity index (χ0n) is 12.5.